The van der Waals surface area contributed by atoms with Gasteiger partial charge in [0.25, 0.3) is 5.91 Å². The van der Waals surface area contributed by atoms with E-state index in [0.717, 1.165) is 4.90 Å². The first-order chi connectivity index (χ1) is 9.51. The van der Waals surface area contributed by atoms with Gasteiger partial charge in [-0.2, -0.15) is 8.78 Å². The average Bonchev–Trinajstić information content (AvgIpc) is 2.24. The summed E-state index contributed by atoms with van der Waals surface area (Å²) < 4.78 is 55.3. The Balaban J connectivity index is 3.05. The molecule has 1 aromatic rings. The molecule has 1 rings (SSSR count). The Labute approximate surface area is 118 Å². The molecular formula is C13H15F4NO3. The first-order valence-electron chi connectivity index (χ1n) is 5.93. The molecule has 0 aliphatic heterocycles. The number of hydrogen-bond acceptors (Lipinski definition) is 3. The molecular weight excluding hydrogens is 294 g/mol. The predicted octanol–water partition coefficient (Wildman–Crippen LogP) is 2.41. The Morgan fingerprint density at radius 1 is 1.33 bits per heavy atom. The molecule has 0 spiro atoms. The number of hydrogen-bond donors (Lipinski definition) is 1. The molecule has 0 aliphatic rings. The maximum atomic E-state index is 13.7. The number of ether oxygens (including phenoxy) is 1. The number of aliphatic hydroxyl groups is 1. The van der Waals surface area contributed by atoms with Gasteiger partial charge in [-0.15, -0.1) is 0 Å². The molecule has 0 aromatic heterocycles. The zero-order valence-electron chi connectivity index (χ0n) is 11.7. The minimum atomic E-state index is -3.23. The Morgan fingerprint density at radius 2 is 1.81 bits per heavy atom. The van der Waals surface area contributed by atoms with Gasteiger partial charge in [0, 0.05) is 25.7 Å². The van der Waals surface area contributed by atoms with Crippen LogP contribution in [0.1, 0.15) is 24.2 Å². The largest absolute Gasteiger partial charge is 0.435 e. The van der Waals surface area contributed by atoms with Gasteiger partial charge in [-0.1, -0.05) is 0 Å². The van der Waals surface area contributed by atoms with Gasteiger partial charge < -0.3 is 14.7 Å². The van der Waals surface area contributed by atoms with E-state index in [4.69, 9.17) is 0 Å². The number of halogens is 4. The zero-order valence-corrected chi connectivity index (χ0v) is 11.7. The highest BCUT2D eigenvalue weighted by Crippen LogP contribution is 2.23. The molecule has 1 aromatic carbocycles. The van der Waals surface area contributed by atoms with Crippen LogP contribution in [0.15, 0.2) is 12.1 Å². The van der Waals surface area contributed by atoms with Gasteiger partial charge in [0.15, 0.2) is 0 Å². The second-order valence-corrected chi connectivity index (χ2v) is 5.11. The summed E-state index contributed by atoms with van der Waals surface area (Å²) in [6, 6.07) is 1.00. The van der Waals surface area contributed by atoms with Crippen molar-refractivity contribution in [2.45, 2.75) is 26.1 Å². The van der Waals surface area contributed by atoms with Crippen LogP contribution in [0, 0.1) is 11.6 Å². The van der Waals surface area contributed by atoms with Crippen LogP contribution in [0.2, 0.25) is 0 Å². The number of carbonyl (C=O) groups is 1. The first-order valence-corrected chi connectivity index (χ1v) is 5.93. The van der Waals surface area contributed by atoms with Gasteiger partial charge in [0.1, 0.15) is 22.9 Å². The molecule has 0 aliphatic carbocycles. The van der Waals surface area contributed by atoms with Gasteiger partial charge in [-0.25, -0.2) is 8.78 Å². The molecule has 0 radical (unpaired) electrons. The second-order valence-electron chi connectivity index (χ2n) is 5.11. The third kappa shape index (κ3) is 4.89. The van der Waals surface area contributed by atoms with Crippen LogP contribution in [0.5, 0.6) is 5.75 Å². The van der Waals surface area contributed by atoms with Crippen LogP contribution in [0.25, 0.3) is 0 Å². The highest BCUT2D eigenvalue weighted by atomic mass is 19.3. The van der Waals surface area contributed by atoms with E-state index in [9.17, 15) is 27.5 Å². The van der Waals surface area contributed by atoms with Crippen LogP contribution in [0.4, 0.5) is 17.6 Å². The van der Waals surface area contributed by atoms with Crippen LogP contribution < -0.4 is 4.74 Å². The maximum Gasteiger partial charge on any atom is 0.387 e. The van der Waals surface area contributed by atoms with E-state index < -0.39 is 41.1 Å². The van der Waals surface area contributed by atoms with Crippen molar-refractivity contribution in [3.63, 3.8) is 0 Å². The van der Waals surface area contributed by atoms with Crippen LogP contribution in [-0.4, -0.2) is 41.7 Å². The van der Waals surface area contributed by atoms with Gasteiger partial charge in [-0.05, 0) is 13.8 Å². The van der Waals surface area contributed by atoms with E-state index in [1.165, 1.54) is 20.9 Å². The van der Waals surface area contributed by atoms with Crippen LogP contribution >= 0.6 is 0 Å². The summed E-state index contributed by atoms with van der Waals surface area (Å²) in [7, 11) is 1.25. The first kappa shape index (κ1) is 17.2. The minimum absolute atomic E-state index is 0.167. The van der Waals surface area contributed by atoms with Gasteiger partial charge in [0.05, 0.1) is 5.60 Å². The fourth-order valence-corrected chi connectivity index (χ4v) is 1.77. The number of amides is 1. The van der Waals surface area contributed by atoms with E-state index in [0.29, 0.717) is 12.1 Å². The molecule has 0 atom stereocenters. The Morgan fingerprint density at radius 3 is 2.19 bits per heavy atom. The number of benzene rings is 1. The number of carbonyl (C=O) groups excluding carboxylic acids is 1. The molecule has 0 saturated carbocycles. The third-order valence-corrected chi connectivity index (χ3v) is 2.43. The topological polar surface area (TPSA) is 49.8 Å². The van der Waals surface area contributed by atoms with Crippen molar-refractivity contribution < 1.29 is 32.2 Å². The zero-order chi connectivity index (χ0) is 16.4. The summed E-state index contributed by atoms with van der Waals surface area (Å²) >= 11 is 0. The molecule has 1 N–H and O–H groups in total. The molecule has 4 nitrogen and oxygen atoms in total. The number of alkyl halides is 2. The van der Waals surface area contributed by atoms with Crippen molar-refractivity contribution in [3.05, 3.63) is 29.3 Å². The van der Waals surface area contributed by atoms with E-state index in [1.807, 2.05) is 0 Å². The summed E-state index contributed by atoms with van der Waals surface area (Å²) in [4.78, 5) is 12.9. The van der Waals surface area contributed by atoms with Crippen molar-refractivity contribution >= 4 is 5.91 Å². The molecule has 0 bridgehead atoms. The summed E-state index contributed by atoms with van der Waals surface area (Å²) in [6.07, 6.45) is 0. The van der Waals surface area contributed by atoms with E-state index in [-0.39, 0.29) is 6.54 Å². The monoisotopic (exact) mass is 309 g/mol. The standard InChI is InChI=1S/C13H15F4NO3/c1-13(2,20)6-18(3)11(19)10-8(14)4-7(5-9(10)15)21-12(16)17/h4-5,12,20H,6H2,1-3H3. The van der Waals surface area contributed by atoms with E-state index in [1.54, 1.807) is 0 Å². The van der Waals surface area contributed by atoms with Gasteiger partial charge >= 0.3 is 6.61 Å². The van der Waals surface area contributed by atoms with Crippen molar-refractivity contribution in [2.24, 2.45) is 0 Å². The molecule has 0 fully saturated rings. The van der Waals surface area contributed by atoms with Crippen LogP contribution in [0.3, 0.4) is 0 Å². The number of likely N-dealkylation sites (N-methyl/N-ethyl adjacent to an activating group) is 1. The lowest BCUT2D eigenvalue weighted by Crippen LogP contribution is -2.40. The summed E-state index contributed by atoms with van der Waals surface area (Å²) in [6.45, 7) is -0.560. The van der Waals surface area contributed by atoms with Crippen molar-refractivity contribution in [2.75, 3.05) is 13.6 Å². The Kier molecular flexibility index (Phi) is 5.16. The van der Waals surface area contributed by atoms with Gasteiger partial charge in [0.2, 0.25) is 0 Å². The average molecular weight is 309 g/mol. The Hall–Kier alpha value is -1.83. The highest BCUT2D eigenvalue weighted by Gasteiger charge is 2.26. The summed E-state index contributed by atoms with van der Waals surface area (Å²) in [5.74, 6) is -4.38. The van der Waals surface area contributed by atoms with Crippen molar-refractivity contribution in [1.29, 1.82) is 0 Å². The number of rotatable bonds is 5. The second kappa shape index (κ2) is 6.30. The predicted molar refractivity (Wildman–Crippen MR) is 66.2 cm³/mol. The molecule has 1 amide bonds. The summed E-state index contributed by atoms with van der Waals surface area (Å²) in [5, 5.41) is 9.58. The molecule has 0 unspecified atom stereocenters. The minimum Gasteiger partial charge on any atom is -0.435 e. The molecule has 21 heavy (non-hydrogen) atoms. The quantitative estimate of drug-likeness (QED) is 0.850. The fraction of sp³-hybridized carbons (Fsp3) is 0.462. The summed E-state index contributed by atoms with van der Waals surface area (Å²) in [5.41, 5.74) is -2.15. The van der Waals surface area contributed by atoms with Gasteiger partial charge in [-0.3, -0.25) is 4.79 Å². The smallest absolute Gasteiger partial charge is 0.387 e. The lowest BCUT2D eigenvalue weighted by atomic mass is 10.1. The molecule has 8 heteroatoms. The lowest BCUT2D eigenvalue weighted by molar-refractivity contribution is -0.0501. The fourth-order valence-electron chi connectivity index (χ4n) is 1.77. The van der Waals surface area contributed by atoms with E-state index in [2.05, 4.69) is 4.74 Å². The highest BCUT2D eigenvalue weighted by molar-refractivity contribution is 5.94. The van der Waals surface area contributed by atoms with Crippen LogP contribution in [-0.2, 0) is 0 Å². The maximum absolute atomic E-state index is 13.7. The molecule has 118 valence electrons. The van der Waals surface area contributed by atoms with Crippen molar-refractivity contribution in [3.8, 4) is 5.75 Å². The molecule has 0 heterocycles. The number of nitrogens with zero attached hydrogens (tertiary/aromatic N) is 1. The molecule has 0 saturated heterocycles. The van der Waals surface area contributed by atoms with Crippen molar-refractivity contribution in [1.82, 2.24) is 4.90 Å². The van der Waals surface area contributed by atoms with E-state index >= 15 is 0 Å². The normalized spacial score (nSPS) is 11.7. The SMILES string of the molecule is CN(CC(C)(C)O)C(=O)c1c(F)cc(OC(F)F)cc1F. The Bertz CT molecular complexity index is 506. The third-order valence-electron chi connectivity index (χ3n) is 2.43. The lowest BCUT2D eigenvalue weighted by Gasteiger charge is -2.25.